The van der Waals surface area contributed by atoms with Gasteiger partial charge in [-0.2, -0.15) is 0 Å². The zero-order valence-electron chi connectivity index (χ0n) is 10.2. The van der Waals surface area contributed by atoms with Crippen molar-refractivity contribution < 1.29 is 4.74 Å². The number of nitrogens with two attached hydrogens (primary N) is 1. The Morgan fingerprint density at radius 1 is 1.65 bits per heavy atom. The van der Waals surface area contributed by atoms with Crippen LogP contribution in [0.3, 0.4) is 0 Å². The van der Waals surface area contributed by atoms with Gasteiger partial charge < -0.3 is 10.2 Å². The number of rotatable bonds is 4. The van der Waals surface area contributed by atoms with Gasteiger partial charge in [0.1, 0.15) is 0 Å². The molecule has 3 N–H and O–H groups in total. The number of morpholine rings is 1. The van der Waals surface area contributed by atoms with E-state index in [-0.39, 0.29) is 0 Å². The molecule has 2 rings (SSSR count). The quantitative estimate of drug-likeness (QED) is 0.602. The van der Waals surface area contributed by atoms with E-state index in [1.807, 2.05) is 12.1 Å². The zero-order valence-corrected chi connectivity index (χ0v) is 10.2. The van der Waals surface area contributed by atoms with Gasteiger partial charge in [-0.1, -0.05) is 6.92 Å². The first kappa shape index (κ1) is 12.3. The third-order valence-corrected chi connectivity index (χ3v) is 3.17. The molecule has 1 aliphatic rings. The van der Waals surface area contributed by atoms with E-state index in [9.17, 15) is 0 Å². The van der Waals surface area contributed by atoms with Crippen LogP contribution in [0.2, 0.25) is 0 Å². The highest BCUT2D eigenvalue weighted by Gasteiger charge is 2.21. The molecular formula is C12H20N4O. The summed E-state index contributed by atoms with van der Waals surface area (Å²) >= 11 is 0. The van der Waals surface area contributed by atoms with Crippen molar-refractivity contribution in [2.45, 2.75) is 25.9 Å². The number of nitrogens with zero attached hydrogens (tertiary/aromatic N) is 2. The molecule has 0 aliphatic carbocycles. The molecule has 5 heteroatoms. The Morgan fingerprint density at radius 3 is 3.29 bits per heavy atom. The summed E-state index contributed by atoms with van der Waals surface area (Å²) in [5.74, 6) is 5.39. The smallest absolute Gasteiger partial charge is 0.0622 e. The SMILES string of the molecule is CCC1COCCN1Cc1cc(NN)ccn1. The van der Waals surface area contributed by atoms with Crippen LogP contribution in [0, 0.1) is 0 Å². The average molecular weight is 236 g/mol. The lowest BCUT2D eigenvalue weighted by Gasteiger charge is -2.34. The van der Waals surface area contributed by atoms with Gasteiger partial charge in [0.15, 0.2) is 0 Å². The first-order valence-corrected chi connectivity index (χ1v) is 6.07. The van der Waals surface area contributed by atoms with E-state index in [1.165, 1.54) is 0 Å². The fourth-order valence-corrected chi connectivity index (χ4v) is 2.14. The Balaban J connectivity index is 2.02. The molecule has 0 spiro atoms. The van der Waals surface area contributed by atoms with E-state index < -0.39 is 0 Å². The number of hydrogen-bond donors (Lipinski definition) is 2. The van der Waals surface area contributed by atoms with Gasteiger partial charge in [0.05, 0.1) is 24.6 Å². The van der Waals surface area contributed by atoms with Gasteiger partial charge in [-0.15, -0.1) is 0 Å². The van der Waals surface area contributed by atoms with Crippen LogP contribution >= 0.6 is 0 Å². The lowest BCUT2D eigenvalue weighted by Crippen LogP contribution is -2.44. The molecule has 1 aromatic heterocycles. The average Bonchev–Trinajstić information content (AvgIpc) is 2.39. The lowest BCUT2D eigenvalue weighted by molar-refractivity contribution is -0.0132. The molecule has 0 saturated carbocycles. The summed E-state index contributed by atoms with van der Waals surface area (Å²) in [6, 6.07) is 4.35. The maximum absolute atomic E-state index is 5.49. The van der Waals surface area contributed by atoms with E-state index in [0.717, 1.165) is 44.1 Å². The minimum atomic E-state index is 0.500. The molecular weight excluding hydrogens is 216 g/mol. The second-order valence-corrected chi connectivity index (χ2v) is 4.29. The number of hydrogen-bond acceptors (Lipinski definition) is 5. The molecule has 1 atom stereocenters. The van der Waals surface area contributed by atoms with Crippen molar-refractivity contribution in [1.82, 2.24) is 9.88 Å². The fourth-order valence-electron chi connectivity index (χ4n) is 2.14. The van der Waals surface area contributed by atoms with Crippen molar-refractivity contribution in [2.75, 3.05) is 25.2 Å². The zero-order chi connectivity index (χ0) is 12.1. The van der Waals surface area contributed by atoms with Gasteiger partial charge in [-0.3, -0.25) is 15.7 Å². The molecule has 5 nitrogen and oxygen atoms in total. The third-order valence-electron chi connectivity index (χ3n) is 3.17. The van der Waals surface area contributed by atoms with E-state index >= 15 is 0 Å². The van der Waals surface area contributed by atoms with Gasteiger partial charge in [-0.25, -0.2) is 0 Å². The van der Waals surface area contributed by atoms with Crippen LogP contribution in [-0.4, -0.2) is 35.7 Å². The van der Waals surface area contributed by atoms with Gasteiger partial charge in [-0.05, 0) is 18.6 Å². The van der Waals surface area contributed by atoms with Crippen LogP contribution in [0.4, 0.5) is 5.69 Å². The van der Waals surface area contributed by atoms with Crippen LogP contribution in [-0.2, 0) is 11.3 Å². The Kier molecular flexibility index (Phi) is 4.30. The van der Waals surface area contributed by atoms with Crippen LogP contribution < -0.4 is 11.3 Å². The molecule has 1 unspecified atom stereocenters. The van der Waals surface area contributed by atoms with Crippen LogP contribution in [0.5, 0.6) is 0 Å². The van der Waals surface area contributed by atoms with Gasteiger partial charge >= 0.3 is 0 Å². The maximum atomic E-state index is 5.49. The molecule has 0 bridgehead atoms. The first-order chi connectivity index (χ1) is 8.33. The summed E-state index contributed by atoms with van der Waals surface area (Å²) in [4.78, 5) is 6.79. The van der Waals surface area contributed by atoms with Crippen molar-refractivity contribution >= 4 is 5.69 Å². The summed E-state index contributed by atoms with van der Waals surface area (Å²) in [5.41, 5.74) is 4.59. The standard InChI is InChI=1S/C12H20N4O/c1-2-12-9-17-6-5-16(12)8-11-7-10(15-13)3-4-14-11/h3-4,7,12H,2,5-6,8-9,13H2,1H3,(H,14,15). The summed E-state index contributed by atoms with van der Waals surface area (Å²) in [7, 11) is 0. The maximum Gasteiger partial charge on any atom is 0.0622 e. The van der Waals surface area contributed by atoms with Gasteiger partial charge in [0, 0.05) is 25.3 Å². The molecule has 94 valence electrons. The number of ether oxygens (including phenoxy) is 1. The molecule has 1 saturated heterocycles. The van der Waals surface area contributed by atoms with E-state index in [0.29, 0.717) is 6.04 Å². The summed E-state index contributed by atoms with van der Waals surface area (Å²) in [6.07, 6.45) is 2.89. The number of nitrogen functional groups attached to an aromatic ring is 1. The molecule has 0 aromatic carbocycles. The van der Waals surface area contributed by atoms with E-state index in [1.54, 1.807) is 6.20 Å². The predicted molar refractivity (Wildman–Crippen MR) is 67.4 cm³/mol. The summed E-state index contributed by atoms with van der Waals surface area (Å²) in [5, 5.41) is 0. The minimum Gasteiger partial charge on any atom is -0.378 e. The molecule has 0 radical (unpaired) electrons. The Morgan fingerprint density at radius 2 is 2.53 bits per heavy atom. The molecule has 2 heterocycles. The van der Waals surface area contributed by atoms with Crippen LogP contribution in [0.1, 0.15) is 19.0 Å². The predicted octanol–water partition coefficient (Wildman–Crippen LogP) is 0.978. The number of nitrogens with one attached hydrogen (secondary N) is 1. The summed E-state index contributed by atoms with van der Waals surface area (Å²) in [6.45, 7) is 5.66. The van der Waals surface area contributed by atoms with Crippen molar-refractivity contribution in [3.05, 3.63) is 24.0 Å². The number of hydrazine groups is 1. The Bertz CT molecular complexity index is 358. The van der Waals surface area contributed by atoms with E-state index in [4.69, 9.17) is 10.6 Å². The Labute approximate surface area is 102 Å². The highest BCUT2D eigenvalue weighted by atomic mass is 16.5. The summed E-state index contributed by atoms with van der Waals surface area (Å²) < 4.78 is 5.49. The van der Waals surface area contributed by atoms with Crippen molar-refractivity contribution in [2.24, 2.45) is 5.84 Å². The number of anilines is 1. The highest BCUT2D eigenvalue weighted by molar-refractivity contribution is 5.41. The van der Waals surface area contributed by atoms with Crippen molar-refractivity contribution in [3.8, 4) is 0 Å². The second kappa shape index (κ2) is 5.95. The van der Waals surface area contributed by atoms with Crippen molar-refractivity contribution in [1.29, 1.82) is 0 Å². The third kappa shape index (κ3) is 3.15. The molecule has 1 fully saturated rings. The van der Waals surface area contributed by atoms with Gasteiger partial charge in [0.25, 0.3) is 0 Å². The van der Waals surface area contributed by atoms with Crippen molar-refractivity contribution in [3.63, 3.8) is 0 Å². The minimum absolute atomic E-state index is 0.500. The lowest BCUT2D eigenvalue weighted by atomic mass is 10.1. The number of aromatic nitrogens is 1. The highest BCUT2D eigenvalue weighted by Crippen LogP contribution is 2.15. The number of pyridine rings is 1. The molecule has 1 aliphatic heterocycles. The first-order valence-electron chi connectivity index (χ1n) is 6.07. The van der Waals surface area contributed by atoms with Crippen LogP contribution in [0.25, 0.3) is 0 Å². The largest absolute Gasteiger partial charge is 0.378 e. The topological polar surface area (TPSA) is 63.4 Å². The van der Waals surface area contributed by atoms with E-state index in [2.05, 4.69) is 22.2 Å². The monoisotopic (exact) mass is 236 g/mol. The molecule has 0 amide bonds. The van der Waals surface area contributed by atoms with Gasteiger partial charge in [0.2, 0.25) is 0 Å². The fraction of sp³-hybridized carbons (Fsp3) is 0.583. The molecule has 1 aromatic rings. The normalized spacial score (nSPS) is 21.4. The Hall–Kier alpha value is -1.17. The van der Waals surface area contributed by atoms with Crippen LogP contribution in [0.15, 0.2) is 18.3 Å². The second-order valence-electron chi connectivity index (χ2n) is 4.29. The molecule has 17 heavy (non-hydrogen) atoms.